The second kappa shape index (κ2) is 8.67. The highest BCUT2D eigenvalue weighted by atomic mass is 35.5. The summed E-state index contributed by atoms with van der Waals surface area (Å²) in [6.45, 7) is 3.86. The average molecular weight is 275 g/mol. The van der Waals surface area contributed by atoms with Crippen molar-refractivity contribution in [1.82, 2.24) is 0 Å². The Bertz CT molecular complexity index is 333. The van der Waals surface area contributed by atoms with Crippen LogP contribution < -0.4 is 10.5 Å². The maximum Gasteiger partial charge on any atom is 0.137 e. The maximum absolute atomic E-state index is 6.17. The number of hydrogen-bond donors (Lipinski definition) is 1. The predicted octanol–water partition coefficient (Wildman–Crippen LogP) is 2.99. The van der Waals surface area contributed by atoms with Gasteiger partial charge in [0.25, 0.3) is 0 Å². The van der Waals surface area contributed by atoms with Crippen molar-refractivity contribution in [1.29, 1.82) is 0 Å². The van der Waals surface area contributed by atoms with Gasteiger partial charge in [-0.1, -0.05) is 31.0 Å². The molecule has 0 aliphatic heterocycles. The SMILES string of the molecule is CCCCOc1ccc(CSCC[NH3+])cc1Cl. The fourth-order valence-electron chi connectivity index (χ4n) is 1.37. The molecule has 0 bridgehead atoms. The summed E-state index contributed by atoms with van der Waals surface area (Å²) in [6, 6.07) is 6.06. The number of thioether (sulfide) groups is 1. The molecule has 0 aliphatic carbocycles. The Morgan fingerprint density at radius 1 is 1.41 bits per heavy atom. The summed E-state index contributed by atoms with van der Waals surface area (Å²) >= 11 is 8.05. The van der Waals surface area contributed by atoms with Crippen molar-refractivity contribution in [3.63, 3.8) is 0 Å². The van der Waals surface area contributed by atoms with Crippen molar-refractivity contribution in [3.05, 3.63) is 28.8 Å². The third kappa shape index (κ3) is 5.66. The van der Waals surface area contributed by atoms with Crippen molar-refractivity contribution in [3.8, 4) is 5.75 Å². The van der Waals surface area contributed by atoms with Crippen LogP contribution in [0.2, 0.25) is 5.02 Å². The molecule has 0 aromatic heterocycles. The van der Waals surface area contributed by atoms with E-state index in [4.69, 9.17) is 16.3 Å². The van der Waals surface area contributed by atoms with Crippen molar-refractivity contribution < 1.29 is 10.5 Å². The molecule has 4 heteroatoms. The number of halogens is 1. The molecule has 0 aliphatic rings. The summed E-state index contributed by atoms with van der Waals surface area (Å²) in [6.07, 6.45) is 2.20. The third-order valence-electron chi connectivity index (χ3n) is 2.31. The second-order valence-corrected chi connectivity index (χ2v) is 5.39. The Morgan fingerprint density at radius 2 is 2.24 bits per heavy atom. The van der Waals surface area contributed by atoms with E-state index in [1.54, 1.807) is 0 Å². The van der Waals surface area contributed by atoms with Gasteiger partial charge in [0.15, 0.2) is 0 Å². The van der Waals surface area contributed by atoms with Gasteiger partial charge in [0.05, 0.1) is 18.2 Å². The lowest BCUT2D eigenvalue weighted by molar-refractivity contribution is -0.360. The van der Waals surface area contributed by atoms with E-state index in [2.05, 4.69) is 18.7 Å². The van der Waals surface area contributed by atoms with Gasteiger partial charge in [-0.2, -0.15) is 11.8 Å². The van der Waals surface area contributed by atoms with Crippen molar-refractivity contribution in [2.24, 2.45) is 0 Å². The molecule has 0 atom stereocenters. The topological polar surface area (TPSA) is 36.9 Å². The molecule has 2 nitrogen and oxygen atoms in total. The summed E-state index contributed by atoms with van der Waals surface area (Å²) in [5.74, 6) is 2.88. The Balaban J connectivity index is 2.47. The highest BCUT2D eigenvalue weighted by Gasteiger charge is 2.03. The van der Waals surface area contributed by atoms with Crippen LogP contribution in [0.1, 0.15) is 25.3 Å². The fraction of sp³-hybridized carbons (Fsp3) is 0.538. The Morgan fingerprint density at radius 3 is 2.88 bits per heavy atom. The predicted molar refractivity (Wildman–Crippen MR) is 75.8 cm³/mol. The summed E-state index contributed by atoms with van der Waals surface area (Å²) in [4.78, 5) is 0. The van der Waals surface area contributed by atoms with Crippen LogP contribution in [0.5, 0.6) is 5.75 Å². The van der Waals surface area contributed by atoms with Gasteiger partial charge in [-0.25, -0.2) is 0 Å². The fourth-order valence-corrected chi connectivity index (χ4v) is 2.39. The minimum atomic E-state index is 0.717. The van der Waals surface area contributed by atoms with E-state index in [1.807, 2.05) is 23.9 Å². The van der Waals surface area contributed by atoms with Crippen LogP contribution in [0.4, 0.5) is 0 Å². The number of unbranched alkanes of at least 4 members (excludes halogenated alkanes) is 1. The molecule has 0 radical (unpaired) electrons. The first-order valence-electron chi connectivity index (χ1n) is 6.06. The van der Waals surface area contributed by atoms with Crippen molar-refractivity contribution in [2.75, 3.05) is 18.9 Å². The highest BCUT2D eigenvalue weighted by Crippen LogP contribution is 2.27. The van der Waals surface area contributed by atoms with Crippen LogP contribution in [-0.4, -0.2) is 18.9 Å². The van der Waals surface area contributed by atoms with Gasteiger partial charge in [0, 0.05) is 11.5 Å². The van der Waals surface area contributed by atoms with E-state index in [0.29, 0.717) is 5.02 Å². The molecular weight excluding hydrogens is 254 g/mol. The minimum absolute atomic E-state index is 0.717. The van der Waals surface area contributed by atoms with Crippen LogP contribution in [-0.2, 0) is 5.75 Å². The van der Waals surface area contributed by atoms with Gasteiger partial charge in [-0.05, 0) is 24.1 Å². The molecule has 0 unspecified atom stereocenters. The van der Waals surface area contributed by atoms with Crippen molar-refractivity contribution >= 4 is 23.4 Å². The van der Waals surface area contributed by atoms with Crippen LogP contribution in [0.15, 0.2) is 18.2 Å². The highest BCUT2D eigenvalue weighted by molar-refractivity contribution is 7.98. The molecule has 1 aromatic carbocycles. The lowest BCUT2D eigenvalue weighted by Gasteiger charge is -2.08. The summed E-state index contributed by atoms with van der Waals surface area (Å²) < 4.78 is 5.61. The number of hydrogen-bond acceptors (Lipinski definition) is 2. The lowest BCUT2D eigenvalue weighted by atomic mass is 10.2. The molecule has 1 aromatic rings. The van der Waals surface area contributed by atoms with E-state index >= 15 is 0 Å². The molecule has 0 amide bonds. The first kappa shape index (κ1) is 14.7. The van der Waals surface area contributed by atoms with Gasteiger partial charge in [-0.3, -0.25) is 0 Å². The number of quaternary nitrogens is 1. The van der Waals surface area contributed by atoms with E-state index in [-0.39, 0.29) is 0 Å². The number of rotatable bonds is 8. The zero-order valence-corrected chi connectivity index (χ0v) is 11.9. The molecule has 0 heterocycles. The average Bonchev–Trinajstić information content (AvgIpc) is 2.32. The van der Waals surface area contributed by atoms with Gasteiger partial charge in [0.1, 0.15) is 5.75 Å². The van der Waals surface area contributed by atoms with Gasteiger partial charge in [-0.15, -0.1) is 0 Å². The molecule has 0 saturated carbocycles. The van der Waals surface area contributed by atoms with E-state index in [1.165, 1.54) is 5.56 Å². The van der Waals surface area contributed by atoms with Crippen LogP contribution in [0.25, 0.3) is 0 Å². The zero-order valence-electron chi connectivity index (χ0n) is 10.4. The monoisotopic (exact) mass is 274 g/mol. The first-order chi connectivity index (χ1) is 8.27. The Labute approximate surface area is 113 Å². The normalized spacial score (nSPS) is 10.5. The first-order valence-corrected chi connectivity index (χ1v) is 7.59. The molecule has 1 rings (SSSR count). The Hall–Kier alpha value is -0.380. The van der Waals surface area contributed by atoms with Crippen LogP contribution in [0.3, 0.4) is 0 Å². The second-order valence-electron chi connectivity index (χ2n) is 3.87. The van der Waals surface area contributed by atoms with Crippen LogP contribution in [0, 0.1) is 0 Å². The van der Waals surface area contributed by atoms with Gasteiger partial charge >= 0.3 is 0 Å². The van der Waals surface area contributed by atoms with E-state index < -0.39 is 0 Å². The number of ether oxygens (including phenoxy) is 1. The minimum Gasteiger partial charge on any atom is -0.492 e. The summed E-state index contributed by atoms with van der Waals surface area (Å²) in [5.41, 5.74) is 5.07. The lowest BCUT2D eigenvalue weighted by Crippen LogP contribution is -2.51. The summed E-state index contributed by atoms with van der Waals surface area (Å²) in [7, 11) is 0. The van der Waals surface area contributed by atoms with E-state index in [0.717, 1.165) is 43.2 Å². The van der Waals surface area contributed by atoms with Crippen molar-refractivity contribution in [2.45, 2.75) is 25.5 Å². The molecule has 3 N–H and O–H groups in total. The van der Waals surface area contributed by atoms with Gasteiger partial charge < -0.3 is 10.5 Å². The molecule has 0 saturated heterocycles. The molecule has 0 fully saturated rings. The third-order valence-corrected chi connectivity index (χ3v) is 3.72. The molecule has 0 spiro atoms. The zero-order chi connectivity index (χ0) is 12.5. The van der Waals surface area contributed by atoms with Gasteiger partial charge in [0.2, 0.25) is 0 Å². The quantitative estimate of drug-likeness (QED) is 0.740. The summed E-state index contributed by atoms with van der Waals surface area (Å²) in [5, 5.41) is 0.717. The maximum atomic E-state index is 6.17. The number of benzene rings is 1. The molecular formula is C13H21ClNOS+. The largest absolute Gasteiger partial charge is 0.492 e. The smallest absolute Gasteiger partial charge is 0.137 e. The standard InChI is InChI=1S/C13H20ClNOS/c1-2-3-7-16-13-5-4-11(9-12(13)14)10-17-8-6-15/h4-5,9H,2-3,6-8,10,15H2,1H3/p+1. The Kier molecular flexibility index (Phi) is 7.49. The molecule has 17 heavy (non-hydrogen) atoms. The molecule has 96 valence electrons. The van der Waals surface area contributed by atoms with Crippen LogP contribution >= 0.6 is 23.4 Å². The van der Waals surface area contributed by atoms with E-state index in [9.17, 15) is 0 Å².